The van der Waals surface area contributed by atoms with Gasteiger partial charge in [-0.05, 0) is 31.5 Å². The van der Waals surface area contributed by atoms with Crippen LogP contribution in [0.25, 0.3) is 0 Å². The van der Waals surface area contributed by atoms with Gasteiger partial charge >= 0.3 is 0 Å². The Hall–Kier alpha value is -1.35. The number of thiazole rings is 1. The molecule has 8 heteroatoms. The van der Waals surface area contributed by atoms with Gasteiger partial charge in [0.2, 0.25) is 10.0 Å². The highest BCUT2D eigenvalue weighted by atomic mass is 32.2. The first-order chi connectivity index (χ1) is 9.83. The number of hydrogen-bond acceptors (Lipinski definition) is 5. The van der Waals surface area contributed by atoms with Crippen molar-refractivity contribution in [3.8, 4) is 0 Å². The molecular formula is C13H16FN3O2S2. The predicted octanol–water partition coefficient (Wildman–Crippen LogP) is 2.09. The molecule has 2 rings (SSSR count). The van der Waals surface area contributed by atoms with Gasteiger partial charge < -0.3 is 5.73 Å². The van der Waals surface area contributed by atoms with Crippen LogP contribution >= 0.6 is 11.3 Å². The van der Waals surface area contributed by atoms with Gasteiger partial charge in [-0.25, -0.2) is 22.5 Å². The van der Waals surface area contributed by atoms with Gasteiger partial charge in [0.25, 0.3) is 0 Å². The maximum absolute atomic E-state index is 13.8. The minimum absolute atomic E-state index is 0.143. The van der Waals surface area contributed by atoms with Crippen molar-refractivity contribution in [3.05, 3.63) is 45.7 Å². The Labute approximate surface area is 127 Å². The molecule has 1 heterocycles. The Morgan fingerprint density at radius 3 is 2.76 bits per heavy atom. The van der Waals surface area contributed by atoms with E-state index in [1.807, 2.05) is 6.92 Å². The molecule has 0 spiro atoms. The topological polar surface area (TPSA) is 85.1 Å². The molecule has 114 valence electrons. The zero-order valence-electron chi connectivity index (χ0n) is 11.6. The van der Waals surface area contributed by atoms with Gasteiger partial charge in [0.15, 0.2) is 0 Å². The van der Waals surface area contributed by atoms with Crippen LogP contribution in [0.2, 0.25) is 0 Å². The van der Waals surface area contributed by atoms with Crippen LogP contribution in [0.15, 0.2) is 29.3 Å². The van der Waals surface area contributed by atoms with Gasteiger partial charge in [-0.15, -0.1) is 11.3 Å². The van der Waals surface area contributed by atoms with E-state index in [2.05, 4.69) is 9.71 Å². The monoisotopic (exact) mass is 329 g/mol. The van der Waals surface area contributed by atoms with Crippen molar-refractivity contribution >= 4 is 21.4 Å². The summed E-state index contributed by atoms with van der Waals surface area (Å²) < 4.78 is 40.8. The summed E-state index contributed by atoms with van der Waals surface area (Å²) >= 11 is 1.39. The van der Waals surface area contributed by atoms with Gasteiger partial charge in [-0.3, -0.25) is 0 Å². The van der Waals surface area contributed by atoms with Crippen LogP contribution in [0, 0.1) is 12.7 Å². The molecule has 21 heavy (non-hydrogen) atoms. The molecule has 0 fully saturated rings. The van der Waals surface area contributed by atoms with E-state index in [9.17, 15) is 12.8 Å². The summed E-state index contributed by atoms with van der Waals surface area (Å²) in [6.07, 6.45) is 1.67. The molecule has 1 unspecified atom stereocenters. The van der Waals surface area contributed by atoms with Crippen LogP contribution in [0.1, 0.15) is 28.4 Å². The van der Waals surface area contributed by atoms with E-state index in [4.69, 9.17) is 5.73 Å². The molecular weight excluding hydrogens is 313 g/mol. The Morgan fingerprint density at radius 2 is 2.19 bits per heavy atom. The summed E-state index contributed by atoms with van der Waals surface area (Å²) in [4.78, 5) is 4.71. The van der Waals surface area contributed by atoms with Gasteiger partial charge in [0.05, 0.1) is 6.04 Å². The van der Waals surface area contributed by atoms with E-state index in [-0.39, 0.29) is 6.54 Å². The lowest BCUT2D eigenvalue weighted by Crippen LogP contribution is -2.27. The third kappa shape index (κ3) is 3.65. The fourth-order valence-electron chi connectivity index (χ4n) is 1.80. The number of sulfonamides is 1. The average molecular weight is 329 g/mol. The van der Waals surface area contributed by atoms with Gasteiger partial charge in [-0.2, -0.15) is 0 Å². The summed E-state index contributed by atoms with van der Waals surface area (Å²) in [5, 5.41) is 0.631. The van der Waals surface area contributed by atoms with Crippen molar-refractivity contribution in [1.29, 1.82) is 0 Å². The Bertz CT molecular complexity index is 744. The highest BCUT2D eigenvalue weighted by molar-refractivity contribution is 7.89. The number of nitrogens with two attached hydrogens (primary N) is 1. The lowest BCUT2D eigenvalue weighted by atomic mass is 10.2. The Morgan fingerprint density at radius 1 is 1.48 bits per heavy atom. The van der Waals surface area contributed by atoms with E-state index in [1.165, 1.54) is 23.5 Å². The number of aryl methyl sites for hydroxylation is 1. The van der Waals surface area contributed by atoms with Gasteiger partial charge in [0, 0.05) is 17.6 Å². The summed E-state index contributed by atoms with van der Waals surface area (Å²) in [6.45, 7) is 3.69. The standard InChI is InChI=1S/C13H16FN3O2S2/c1-8-7-16-13(20-8)9(2)17-21(18,19)12-5-10(6-15)3-4-11(12)14/h3-5,7,9,17H,6,15H2,1-2H3. The van der Waals surface area contributed by atoms with Crippen LogP contribution in [0.4, 0.5) is 4.39 Å². The second kappa shape index (κ2) is 6.18. The minimum atomic E-state index is -3.98. The average Bonchev–Trinajstić information content (AvgIpc) is 2.85. The van der Waals surface area contributed by atoms with Crippen LogP contribution < -0.4 is 10.5 Å². The zero-order chi connectivity index (χ0) is 15.6. The Balaban J connectivity index is 2.30. The molecule has 0 amide bonds. The number of nitrogens with zero attached hydrogens (tertiary/aromatic N) is 1. The molecule has 0 radical (unpaired) electrons. The molecule has 1 aromatic heterocycles. The summed E-state index contributed by atoms with van der Waals surface area (Å²) in [6, 6.07) is 3.28. The minimum Gasteiger partial charge on any atom is -0.326 e. The number of rotatable bonds is 5. The number of hydrogen-bond donors (Lipinski definition) is 2. The molecule has 5 nitrogen and oxygen atoms in total. The van der Waals surface area contributed by atoms with Crippen molar-refractivity contribution in [2.24, 2.45) is 5.73 Å². The second-order valence-corrected chi connectivity index (χ2v) is 7.57. The smallest absolute Gasteiger partial charge is 0.244 e. The normalized spacial score (nSPS) is 13.3. The van der Waals surface area contributed by atoms with Gasteiger partial charge in [0.1, 0.15) is 15.7 Å². The summed E-state index contributed by atoms with van der Waals surface area (Å²) in [5.41, 5.74) is 6.01. The number of nitrogens with one attached hydrogen (secondary N) is 1. The largest absolute Gasteiger partial charge is 0.326 e. The van der Waals surface area contributed by atoms with Crippen LogP contribution in [0.3, 0.4) is 0 Å². The second-order valence-electron chi connectivity index (χ2n) is 4.62. The molecule has 3 N–H and O–H groups in total. The molecule has 0 aliphatic rings. The SMILES string of the molecule is Cc1cnc(C(C)NS(=O)(=O)c2cc(CN)ccc2F)s1. The first-order valence-corrected chi connectivity index (χ1v) is 8.56. The van der Waals surface area contributed by atoms with Gasteiger partial charge in [-0.1, -0.05) is 6.07 Å². The van der Waals surface area contributed by atoms with E-state index >= 15 is 0 Å². The van der Waals surface area contributed by atoms with Crippen LogP contribution in [0.5, 0.6) is 0 Å². The van der Waals surface area contributed by atoms with Crippen LogP contribution in [-0.4, -0.2) is 13.4 Å². The number of halogens is 1. The quantitative estimate of drug-likeness (QED) is 0.879. The molecule has 1 aromatic carbocycles. The highest BCUT2D eigenvalue weighted by Gasteiger charge is 2.23. The van der Waals surface area contributed by atoms with Crippen molar-refractivity contribution in [2.45, 2.75) is 31.3 Å². The van der Waals surface area contributed by atoms with Crippen LogP contribution in [-0.2, 0) is 16.6 Å². The highest BCUT2D eigenvalue weighted by Crippen LogP contribution is 2.23. The molecule has 1 atom stereocenters. The maximum atomic E-state index is 13.8. The van der Waals surface area contributed by atoms with Crippen molar-refractivity contribution in [2.75, 3.05) is 0 Å². The lowest BCUT2D eigenvalue weighted by Gasteiger charge is -2.13. The summed E-state index contributed by atoms with van der Waals surface area (Å²) in [5.74, 6) is -0.804. The fourth-order valence-corrected chi connectivity index (χ4v) is 3.99. The fraction of sp³-hybridized carbons (Fsp3) is 0.308. The van der Waals surface area contributed by atoms with Crippen molar-refractivity contribution < 1.29 is 12.8 Å². The molecule has 0 saturated heterocycles. The van der Waals surface area contributed by atoms with E-state index in [0.29, 0.717) is 10.6 Å². The Kier molecular flexibility index (Phi) is 4.72. The van der Waals surface area contributed by atoms with E-state index in [0.717, 1.165) is 10.9 Å². The first-order valence-electron chi connectivity index (χ1n) is 6.26. The van der Waals surface area contributed by atoms with Crippen molar-refractivity contribution in [1.82, 2.24) is 9.71 Å². The molecule has 0 saturated carbocycles. The summed E-state index contributed by atoms with van der Waals surface area (Å²) in [7, 11) is -3.98. The molecule has 0 bridgehead atoms. The number of benzene rings is 1. The number of aromatic nitrogens is 1. The molecule has 0 aliphatic heterocycles. The maximum Gasteiger partial charge on any atom is 0.244 e. The molecule has 2 aromatic rings. The molecule has 0 aliphatic carbocycles. The lowest BCUT2D eigenvalue weighted by molar-refractivity contribution is 0.546. The van der Waals surface area contributed by atoms with E-state index < -0.39 is 26.8 Å². The third-order valence-electron chi connectivity index (χ3n) is 2.86. The third-order valence-corrected chi connectivity index (χ3v) is 5.51. The zero-order valence-corrected chi connectivity index (χ0v) is 13.3. The van der Waals surface area contributed by atoms with Crippen molar-refractivity contribution in [3.63, 3.8) is 0 Å². The first kappa shape index (κ1) is 16.0. The van der Waals surface area contributed by atoms with E-state index in [1.54, 1.807) is 13.1 Å². The predicted molar refractivity (Wildman–Crippen MR) is 79.9 cm³/mol.